The maximum Gasteiger partial charge on any atom is 0.328 e. The van der Waals surface area contributed by atoms with Crippen LogP contribution in [0.4, 0.5) is 0 Å². The molecule has 2 amide bonds. The van der Waals surface area contributed by atoms with Crippen molar-refractivity contribution in [2.75, 3.05) is 7.11 Å². The molecule has 0 heterocycles. The summed E-state index contributed by atoms with van der Waals surface area (Å²) >= 11 is 0. The van der Waals surface area contributed by atoms with Crippen LogP contribution in [0.15, 0.2) is 0 Å². The lowest BCUT2D eigenvalue weighted by Crippen LogP contribution is -2.70. The summed E-state index contributed by atoms with van der Waals surface area (Å²) in [5.41, 5.74) is 3.73. The molecule has 0 aliphatic heterocycles. The fraction of sp³-hybridized carbons (Fsp3) is 0.750. The quantitative estimate of drug-likeness (QED) is 0.508. The summed E-state index contributed by atoms with van der Waals surface area (Å²) in [4.78, 5) is 34.6. The maximum atomic E-state index is 11.7. The van der Waals surface area contributed by atoms with Crippen LogP contribution in [0.1, 0.15) is 27.7 Å². The molecule has 0 spiro atoms. The molecule has 110 valence electrons. The van der Waals surface area contributed by atoms with Gasteiger partial charge in [-0.2, -0.15) is 0 Å². The Morgan fingerprint density at radius 3 is 1.84 bits per heavy atom. The van der Waals surface area contributed by atoms with Crippen molar-refractivity contribution in [1.82, 2.24) is 10.6 Å². The number of rotatable bonds is 6. The van der Waals surface area contributed by atoms with Gasteiger partial charge in [-0.05, 0) is 13.8 Å². The Balaban J connectivity index is 4.35. The van der Waals surface area contributed by atoms with Crippen LogP contribution in [0.5, 0.6) is 0 Å². The van der Waals surface area contributed by atoms with Crippen molar-refractivity contribution in [3.8, 4) is 0 Å². The molecule has 0 aliphatic rings. The van der Waals surface area contributed by atoms with E-state index in [2.05, 4.69) is 21.1 Å². The number of hydrogen-bond donors (Lipinski definition) is 3. The summed E-state index contributed by atoms with van der Waals surface area (Å²) in [6, 6.07) is -1.91. The number of nitrogens with one attached hydrogen (secondary N) is 2. The second-order valence-corrected chi connectivity index (χ2v) is 4.83. The molecule has 0 aromatic heterocycles. The number of ether oxygens (including phenoxy) is 1. The van der Waals surface area contributed by atoms with Crippen LogP contribution in [-0.2, 0) is 19.1 Å². The van der Waals surface area contributed by atoms with Crippen molar-refractivity contribution in [2.45, 2.75) is 45.8 Å². The van der Waals surface area contributed by atoms with Gasteiger partial charge in [-0.25, -0.2) is 4.79 Å². The largest absolute Gasteiger partial charge is 0.467 e. The molecule has 0 bridgehead atoms. The van der Waals surface area contributed by atoms with Gasteiger partial charge < -0.3 is 21.1 Å². The van der Waals surface area contributed by atoms with Crippen LogP contribution < -0.4 is 16.4 Å². The van der Waals surface area contributed by atoms with Gasteiger partial charge in [0.15, 0.2) is 6.04 Å². The highest BCUT2D eigenvalue weighted by molar-refractivity contribution is 5.91. The smallest absolute Gasteiger partial charge is 0.328 e. The van der Waals surface area contributed by atoms with E-state index in [1.807, 2.05) is 13.8 Å². The minimum Gasteiger partial charge on any atom is -0.467 e. The number of amides is 2. The van der Waals surface area contributed by atoms with E-state index in [4.69, 9.17) is 0 Å². The Kier molecular flexibility index (Phi) is 7.06. The van der Waals surface area contributed by atoms with Gasteiger partial charge in [0.1, 0.15) is 12.1 Å². The fourth-order valence-electron chi connectivity index (χ4n) is 1.26. The average Bonchev–Trinajstić information content (AvgIpc) is 2.35. The molecular formula is C12H24N3O4+. The van der Waals surface area contributed by atoms with Crippen LogP contribution in [0.25, 0.3) is 0 Å². The first-order valence-corrected chi connectivity index (χ1v) is 6.22. The summed E-state index contributed by atoms with van der Waals surface area (Å²) in [5.74, 6) is -1.18. The van der Waals surface area contributed by atoms with E-state index < -0.39 is 30.0 Å². The fourth-order valence-corrected chi connectivity index (χ4v) is 1.26. The molecule has 7 heteroatoms. The van der Waals surface area contributed by atoms with Gasteiger partial charge in [0.2, 0.25) is 5.91 Å². The monoisotopic (exact) mass is 274 g/mol. The summed E-state index contributed by atoms with van der Waals surface area (Å²) in [6.07, 6.45) is 0. The molecule has 0 saturated heterocycles. The van der Waals surface area contributed by atoms with Gasteiger partial charge in [-0.3, -0.25) is 9.59 Å². The second-order valence-electron chi connectivity index (χ2n) is 4.83. The number of carbonyl (C=O) groups excluding carboxylic acids is 3. The number of quaternary nitrogens is 1. The molecule has 0 aromatic rings. The first-order valence-electron chi connectivity index (χ1n) is 6.22. The van der Waals surface area contributed by atoms with E-state index in [0.717, 1.165) is 0 Å². The molecular weight excluding hydrogens is 250 g/mol. The first-order chi connectivity index (χ1) is 8.70. The van der Waals surface area contributed by atoms with Gasteiger partial charge in [-0.15, -0.1) is 0 Å². The highest BCUT2D eigenvalue weighted by Crippen LogP contribution is 1.97. The zero-order valence-corrected chi connectivity index (χ0v) is 12.1. The molecule has 0 fully saturated rings. The Morgan fingerprint density at radius 1 is 0.947 bits per heavy atom. The third-order valence-corrected chi connectivity index (χ3v) is 2.81. The van der Waals surface area contributed by atoms with E-state index in [1.54, 1.807) is 6.92 Å². The van der Waals surface area contributed by atoms with Crippen LogP contribution in [-0.4, -0.2) is 43.0 Å². The molecule has 7 nitrogen and oxygen atoms in total. The van der Waals surface area contributed by atoms with E-state index in [9.17, 15) is 14.4 Å². The molecule has 3 atom stereocenters. The third-order valence-electron chi connectivity index (χ3n) is 2.81. The number of methoxy groups -OCH3 is 1. The Morgan fingerprint density at radius 2 is 1.42 bits per heavy atom. The number of esters is 1. The van der Waals surface area contributed by atoms with Crippen molar-refractivity contribution < 1.29 is 24.9 Å². The highest BCUT2D eigenvalue weighted by atomic mass is 16.5. The third kappa shape index (κ3) is 5.69. The normalized spacial score (nSPS) is 15.3. The molecule has 0 saturated carbocycles. The lowest BCUT2D eigenvalue weighted by molar-refractivity contribution is -0.414. The standard InChI is InChI=1S/C12H23N3O4/c1-6(2)9(13)11(17)14-7(3)10(16)15-8(4)12(18)19-5/h6-9H,13H2,1-5H3,(H,14,17)(H,15,16)/p+1/t7-,8-,9-/m0/s1. The van der Waals surface area contributed by atoms with Crippen molar-refractivity contribution >= 4 is 17.8 Å². The van der Waals surface area contributed by atoms with E-state index in [0.29, 0.717) is 0 Å². The van der Waals surface area contributed by atoms with Gasteiger partial charge in [-0.1, -0.05) is 13.8 Å². The minimum absolute atomic E-state index is 0.0873. The predicted octanol–water partition coefficient (Wildman–Crippen LogP) is -1.56. The van der Waals surface area contributed by atoms with Crippen molar-refractivity contribution in [3.05, 3.63) is 0 Å². The predicted molar refractivity (Wildman–Crippen MR) is 68.7 cm³/mol. The summed E-state index contributed by atoms with van der Waals surface area (Å²) in [6.45, 7) is 6.81. The molecule has 0 aromatic carbocycles. The Hall–Kier alpha value is -1.63. The van der Waals surface area contributed by atoms with Gasteiger partial charge in [0, 0.05) is 5.92 Å². The van der Waals surface area contributed by atoms with Crippen molar-refractivity contribution in [2.24, 2.45) is 5.92 Å². The highest BCUT2D eigenvalue weighted by Gasteiger charge is 2.26. The van der Waals surface area contributed by atoms with E-state index >= 15 is 0 Å². The second kappa shape index (κ2) is 7.73. The number of hydrogen-bond acceptors (Lipinski definition) is 4. The summed E-state index contributed by atoms with van der Waals surface area (Å²) in [5, 5.41) is 5.01. The molecule has 5 N–H and O–H groups in total. The summed E-state index contributed by atoms with van der Waals surface area (Å²) < 4.78 is 4.49. The lowest BCUT2D eigenvalue weighted by atomic mass is 10.0. The van der Waals surface area contributed by atoms with Crippen LogP contribution in [0, 0.1) is 5.92 Å². The minimum atomic E-state index is -0.752. The SMILES string of the molecule is COC(=O)[C@H](C)NC(=O)[C@H](C)NC(=O)[C@@H]([NH3+])C(C)C. The summed E-state index contributed by atoms with van der Waals surface area (Å²) in [7, 11) is 1.24. The zero-order valence-electron chi connectivity index (χ0n) is 12.1. The molecule has 19 heavy (non-hydrogen) atoms. The van der Waals surface area contributed by atoms with E-state index in [1.165, 1.54) is 14.0 Å². The number of carbonyl (C=O) groups is 3. The molecule has 0 aliphatic carbocycles. The Labute approximate surface area is 113 Å². The van der Waals surface area contributed by atoms with Crippen LogP contribution in [0.2, 0.25) is 0 Å². The van der Waals surface area contributed by atoms with Crippen molar-refractivity contribution in [3.63, 3.8) is 0 Å². The average molecular weight is 274 g/mol. The lowest BCUT2D eigenvalue weighted by Gasteiger charge is -2.19. The van der Waals surface area contributed by atoms with Crippen LogP contribution in [0.3, 0.4) is 0 Å². The zero-order chi connectivity index (χ0) is 15.2. The molecule has 0 rings (SSSR count). The van der Waals surface area contributed by atoms with Gasteiger partial charge in [0.25, 0.3) is 5.91 Å². The van der Waals surface area contributed by atoms with Crippen LogP contribution >= 0.6 is 0 Å². The van der Waals surface area contributed by atoms with Gasteiger partial charge in [0.05, 0.1) is 7.11 Å². The molecule has 0 unspecified atom stereocenters. The topological polar surface area (TPSA) is 112 Å². The maximum absolute atomic E-state index is 11.7. The molecule has 0 radical (unpaired) electrons. The van der Waals surface area contributed by atoms with Gasteiger partial charge >= 0.3 is 5.97 Å². The first kappa shape index (κ1) is 17.4. The Bertz CT molecular complexity index is 344. The van der Waals surface area contributed by atoms with E-state index in [-0.39, 0.29) is 11.8 Å². The van der Waals surface area contributed by atoms with Crippen molar-refractivity contribution in [1.29, 1.82) is 0 Å².